The molecule has 0 bridgehead atoms. The van der Waals surface area contributed by atoms with E-state index in [0.29, 0.717) is 27.8 Å². The van der Waals surface area contributed by atoms with Gasteiger partial charge >= 0.3 is 0 Å². The lowest BCUT2D eigenvalue weighted by atomic mass is 9.92. The van der Waals surface area contributed by atoms with Gasteiger partial charge < -0.3 is 10.6 Å². The Labute approximate surface area is 174 Å². The zero-order valence-corrected chi connectivity index (χ0v) is 17.8. The molecule has 0 saturated heterocycles. The fourth-order valence-electron chi connectivity index (χ4n) is 2.28. The van der Waals surface area contributed by atoms with Crippen molar-refractivity contribution in [2.75, 3.05) is 16.4 Å². The second-order valence-corrected chi connectivity index (χ2v) is 9.17. The summed E-state index contributed by atoms with van der Waals surface area (Å²) >= 11 is 13.3. The van der Waals surface area contributed by atoms with Crippen LogP contribution in [0.5, 0.6) is 0 Å². The van der Waals surface area contributed by atoms with Crippen molar-refractivity contribution in [3.05, 3.63) is 52.5 Å². The first-order chi connectivity index (χ1) is 12.6. The van der Waals surface area contributed by atoms with E-state index >= 15 is 0 Å². The lowest BCUT2D eigenvalue weighted by Crippen LogP contribution is -2.19. The number of carbonyl (C=O) groups excluding carboxylic acids is 2. The highest BCUT2D eigenvalue weighted by molar-refractivity contribution is 8.00. The minimum Gasteiger partial charge on any atom is -0.326 e. The Morgan fingerprint density at radius 2 is 1.74 bits per heavy atom. The third-order valence-electron chi connectivity index (χ3n) is 3.38. The number of anilines is 2. The minimum absolute atomic E-state index is 0.0296. The summed E-state index contributed by atoms with van der Waals surface area (Å²) in [6, 6.07) is 12.3. The number of thioether (sulfide) groups is 1. The molecule has 0 aliphatic heterocycles. The fraction of sp³-hybridized carbons (Fsp3) is 0.300. The van der Waals surface area contributed by atoms with Gasteiger partial charge in [-0.3, -0.25) is 9.59 Å². The predicted molar refractivity (Wildman–Crippen MR) is 115 cm³/mol. The summed E-state index contributed by atoms with van der Waals surface area (Å²) in [5, 5.41) is 6.58. The normalized spacial score (nSPS) is 11.1. The van der Waals surface area contributed by atoms with Gasteiger partial charge in [0.1, 0.15) is 0 Å². The van der Waals surface area contributed by atoms with Crippen molar-refractivity contribution in [3.8, 4) is 0 Å². The van der Waals surface area contributed by atoms with E-state index in [1.54, 1.807) is 18.2 Å². The Morgan fingerprint density at radius 1 is 1.00 bits per heavy atom. The summed E-state index contributed by atoms with van der Waals surface area (Å²) in [6.45, 7) is 6.05. The van der Waals surface area contributed by atoms with E-state index in [4.69, 9.17) is 23.2 Å². The molecule has 2 rings (SSSR count). The average Bonchev–Trinajstić information content (AvgIpc) is 2.55. The largest absolute Gasteiger partial charge is 0.326 e. The van der Waals surface area contributed by atoms with E-state index in [1.807, 2.05) is 45.0 Å². The number of rotatable bonds is 6. The molecule has 27 heavy (non-hydrogen) atoms. The van der Waals surface area contributed by atoms with Gasteiger partial charge in [0.15, 0.2) is 0 Å². The van der Waals surface area contributed by atoms with Crippen LogP contribution in [0.1, 0.15) is 27.2 Å². The smallest absolute Gasteiger partial charge is 0.234 e. The van der Waals surface area contributed by atoms with Gasteiger partial charge in [0.2, 0.25) is 11.8 Å². The number of hydrogen-bond acceptors (Lipinski definition) is 3. The van der Waals surface area contributed by atoms with E-state index in [0.717, 1.165) is 4.90 Å². The Balaban J connectivity index is 1.91. The van der Waals surface area contributed by atoms with Crippen LogP contribution in [0.25, 0.3) is 0 Å². The first-order valence-electron chi connectivity index (χ1n) is 8.40. The zero-order valence-electron chi connectivity index (χ0n) is 15.4. The summed E-state index contributed by atoms with van der Waals surface area (Å²) in [5.41, 5.74) is 1.13. The molecule has 2 aromatic rings. The van der Waals surface area contributed by atoms with Crippen LogP contribution in [0.4, 0.5) is 11.4 Å². The molecule has 2 N–H and O–H groups in total. The Bertz CT molecular complexity index is 835. The summed E-state index contributed by atoms with van der Waals surface area (Å²) in [6.07, 6.45) is 0.438. The predicted octanol–water partition coefficient (Wildman–Crippen LogP) is 6.10. The lowest BCUT2D eigenvalue weighted by molar-refractivity contribution is -0.118. The van der Waals surface area contributed by atoms with Crippen LogP contribution in [-0.2, 0) is 9.59 Å². The standard InChI is InChI=1S/C20H22Cl2N2O2S/c1-20(2,3)11-18(25)23-14-5-4-6-15(10-14)27-12-19(26)24-17-9-13(21)7-8-16(17)22/h4-10H,11-12H2,1-3H3,(H,23,25)(H,24,26). The molecule has 0 heterocycles. The third-order valence-corrected chi connectivity index (χ3v) is 4.94. The Kier molecular flexibility index (Phi) is 7.59. The van der Waals surface area contributed by atoms with Gasteiger partial charge in [-0.1, -0.05) is 50.0 Å². The molecule has 0 fully saturated rings. The topological polar surface area (TPSA) is 58.2 Å². The zero-order chi connectivity index (χ0) is 20.0. The van der Waals surface area contributed by atoms with Crippen LogP contribution in [0.2, 0.25) is 10.0 Å². The molecule has 144 valence electrons. The van der Waals surface area contributed by atoms with Crippen LogP contribution >= 0.6 is 35.0 Å². The highest BCUT2D eigenvalue weighted by Gasteiger charge is 2.16. The van der Waals surface area contributed by atoms with Crippen molar-refractivity contribution in [3.63, 3.8) is 0 Å². The summed E-state index contributed by atoms with van der Waals surface area (Å²) in [7, 11) is 0. The van der Waals surface area contributed by atoms with Crippen LogP contribution in [0.15, 0.2) is 47.4 Å². The molecule has 0 aliphatic rings. The number of halogens is 2. The van der Waals surface area contributed by atoms with Crippen molar-refractivity contribution < 1.29 is 9.59 Å². The molecular formula is C20H22Cl2N2O2S. The molecule has 0 atom stereocenters. The Morgan fingerprint density at radius 3 is 2.44 bits per heavy atom. The maximum atomic E-state index is 12.2. The van der Waals surface area contributed by atoms with Crippen molar-refractivity contribution in [2.45, 2.75) is 32.1 Å². The molecule has 2 aromatic carbocycles. The van der Waals surface area contributed by atoms with Gasteiger partial charge in [-0.2, -0.15) is 0 Å². The van der Waals surface area contributed by atoms with E-state index in [-0.39, 0.29) is 23.0 Å². The fourth-order valence-corrected chi connectivity index (χ4v) is 3.37. The van der Waals surface area contributed by atoms with Gasteiger partial charge in [0.25, 0.3) is 0 Å². The molecule has 0 saturated carbocycles. The summed E-state index contributed by atoms with van der Waals surface area (Å²) in [4.78, 5) is 25.1. The van der Waals surface area contributed by atoms with Crippen molar-refractivity contribution in [2.24, 2.45) is 5.41 Å². The highest BCUT2D eigenvalue weighted by atomic mass is 35.5. The summed E-state index contributed by atoms with van der Waals surface area (Å²) in [5.74, 6) is -0.00767. The van der Waals surface area contributed by atoms with Crippen LogP contribution < -0.4 is 10.6 Å². The highest BCUT2D eigenvalue weighted by Crippen LogP contribution is 2.27. The Hall–Kier alpha value is -1.69. The quantitative estimate of drug-likeness (QED) is 0.550. The molecule has 0 aromatic heterocycles. The third kappa shape index (κ3) is 7.83. The van der Waals surface area contributed by atoms with Crippen molar-refractivity contribution in [1.82, 2.24) is 0 Å². The number of amides is 2. The van der Waals surface area contributed by atoms with Gasteiger partial charge in [-0.15, -0.1) is 11.8 Å². The minimum atomic E-state index is -0.189. The van der Waals surface area contributed by atoms with E-state index in [2.05, 4.69) is 10.6 Å². The second kappa shape index (κ2) is 9.49. The van der Waals surface area contributed by atoms with Crippen molar-refractivity contribution in [1.29, 1.82) is 0 Å². The number of nitrogens with one attached hydrogen (secondary N) is 2. The lowest BCUT2D eigenvalue weighted by Gasteiger charge is -2.17. The maximum Gasteiger partial charge on any atom is 0.234 e. The first-order valence-corrected chi connectivity index (χ1v) is 10.1. The van der Waals surface area contributed by atoms with E-state index < -0.39 is 0 Å². The monoisotopic (exact) mass is 424 g/mol. The molecule has 2 amide bonds. The molecule has 4 nitrogen and oxygen atoms in total. The van der Waals surface area contributed by atoms with Gasteiger partial charge in [0.05, 0.1) is 16.5 Å². The number of benzene rings is 2. The van der Waals surface area contributed by atoms with Gasteiger partial charge in [-0.25, -0.2) is 0 Å². The van der Waals surface area contributed by atoms with Gasteiger partial charge in [-0.05, 0) is 41.8 Å². The summed E-state index contributed by atoms with van der Waals surface area (Å²) < 4.78 is 0. The molecule has 7 heteroatoms. The molecule has 0 aliphatic carbocycles. The van der Waals surface area contributed by atoms with Crippen LogP contribution in [-0.4, -0.2) is 17.6 Å². The molecular weight excluding hydrogens is 403 g/mol. The first kappa shape index (κ1) is 21.6. The average molecular weight is 425 g/mol. The van der Waals surface area contributed by atoms with Crippen molar-refractivity contribution >= 4 is 58.2 Å². The number of carbonyl (C=O) groups is 2. The number of hydrogen-bond donors (Lipinski definition) is 2. The molecule has 0 spiro atoms. The molecule has 0 unspecified atom stereocenters. The SMILES string of the molecule is CC(C)(C)CC(=O)Nc1cccc(SCC(=O)Nc2cc(Cl)ccc2Cl)c1. The molecule has 0 radical (unpaired) electrons. The maximum absolute atomic E-state index is 12.2. The van der Waals surface area contributed by atoms with E-state index in [9.17, 15) is 9.59 Å². The van der Waals surface area contributed by atoms with Crippen LogP contribution in [0, 0.1) is 5.41 Å². The van der Waals surface area contributed by atoms with Gasteiger partial charge in [0, 0.05) is 22.0 Å². The van der Waals surface area contributed by atoms with Crippen LogP contribution in [0.3, 0.4) is 0 Å². The van der Waals surface area contributed by atoms with E-state index in [1.165, 1.54) is 11.8 Å². The second-order valence-electron chi connectivity index (χ2n) is 7.27.